The van der Waals surface area contributed by atoms with E-state index in [1.165, 1.54) is 31.5 Å². The molecule has 0 spiro atoms. The Morgan fingerprint density at radius 2 is 1.90 bits per heavy atom. The lowest BCUT2D eigenvalue weighted by Crippen LogP contribution is -2.21. The topological polar surface area (TPSA) is 12.5 Å². The fraction of sp³-hybridized carbons (Fsp3) is 0.500. The van der Waals surface area contributed by atoms with Gasteiger partial charge in [-0.25, -0.2) is 0 Å². The van der Waals surface area contributed by atoms with E-state index < -0.39 is 0 Å². The molecule has 0 N–H and O–H groups in total. The Kier molecular flexibility index (Phi) is 5.60. The monoisotopic (exact) mass is 271 g/mol. The van der Waals surface area contributed by atoms with Gasteiger partial charge in [0.1, 0.15) is 0 Å². The second-order valence-corrected chi connectivity index (χ2v) is 5.90. The highest BCUT2D eigenvalue weighted by Gasteiger charge is 2.14. The molecular weight excluding hydrogens is 246 g/mol. The molecule has 1 aliphatic rings. The molecule has 2 nitrogen and oxygen atoms in total. The van der Waals surface area contributed by atoms with Gasteiger partial charge in [-0.2, -0.15) is 0 Å². The normalized spacial score (nSPS) is 15.9. The fourth-order valence-corrected chi connectivity index (χ4v) is 2.29. The van der Waals surface area contributed by atoms with E-state index in [0.717, 1.165) is 6.54 Å². The number of hydrogen-bond acceptors (Lipinski definition) is 2. The van der Waals surface area contributed by atoms with E-state index in [9.17, 15) is 0 Å². The molecule has 0 aromatic heterocycles. The van der Waals surface area contributed by atoms with Crippen LogP contribution in [0.15, 0.2) is 48.2 Å². The summed E-state index contributed by atoms with van der Waals surface area (Å²) in [4.78, 5) is 2.46. The zero-order valence-corrected chi connectivity index (χ0v) is 12.6. The Hall–Kier alpha value is -1.34. The zero-order chi connectivity index (χ0) is 14.3. The van der Waals surface area contributed by atoms with Gasteiger partial charge in [0.25, 0.3) is 0 Å². The summed E-state index contributed by atoms with van der Waals surface area (Å²) >= 11 is 0. The predicted molar refractivity (Wildman–Crippen MR) is 83.6 cm³/mol. The first-order valence-corrected chi connectivity index (χ1v) is 7.48. The van der Waals surface area contributed by atoms with Crippen molar-refractivity contribution in [2.45, 2.75) is 38.9 Å². The summed E-state index contributed by atoms with van der Waals surface area (Å²) in [5, 5.41) is 0. The van der Waals surface area contributed by atoms with Gasteiger partial charge >= 0.3 is 0 Å². The molecule has 0 atom stereocenters. The Morgan fingerprint density at radius 1 is 1.20 bits per heavy atom. The summed E-state index contributed by atoms with van der Waals surface area (Å²) in [5.41, 5.74) is 4.20. The molecule has 0 unspecified atom stereocenters. The van der Waals surface area contributed by atoms with E-state index in [0.29, 0.717) is 6.61 Å². The van der Waals surface area contributed by atoms with Gasteiger partial charge in [-0.15, -0.1) is 5.73 Å². The number of likely N-dealkylation sites (tertiary alicyclic amines) is 1. The minimum Gasteiger partial charge on any atom is -0.366 e. The zero-order valence-electron chi connectivity index (χ0n) is 12.6. The fourth-order valence-electron chi connectivity index (χ4n) is 2.29. The van der Waals surface area contributed by atoms with Gasteiger partial charge in [-0.3, -0.25) is 4.90 Å². The van der Waals surface area contributed by atoms with Crippen molar-refractivity contribution in [3.8, 4) is 0 Å². The maximum atomic E-state index is 5.94. The van der Waals surface area contributed by atoms with Crippen molar-refractivity contribution < 1.29 is 4.74 Å². The molecule has 2 rings (SSSR count). The van der Waals surface area contributed by atoms with Crippen molar-refractivity contribution in [2.75, 3.05) is 19.6 Å². The van der Waals surface area contributed by atoms with Crippen LogP contribution in [0.1, 0.15) is 32.3 Å². The van der Waals surface area contributed by atoms with E-state index in [4.69, 9.17) is 4.74 Å². The quantitative estimate of drug-likeness (QED) is 0.730. The molecule has 1 aromatic rings. The molecule has 1 heterocycles. The van der Waals surface area contributed by atoms with Crippen molar-refractivity contribution in [3.05, 3.63) is 53.8 Å². The van der Waals surface area contributed by atoms with Crippen molar-refractivity contribution in [1.82, 2.24) is 4.90 Å². The Bertz CT molecular complexity index is 452. The molecule has 1 saturated heterocycles. The second-order valence-electron chi connectivity index (χ2n) is 5.90. The predicted octanol–water partition coefficient (Wildman–Crippen LogP) is 3.79. The second kappa shape index (κ2) is 7.44. The van der Waals surface area contributed by atoms with Crippen molar-refractivity contribution in [2.24, 2.45) is 0 Å². The molecule has 0 saturated carbocycles. The summed E-state index contributed by atoms with van der Waals surface area (Å²) in [6.45, 7) is 8.25. The van der Waals surface area contributed by atoms with Crippen LogP contribution in [0.2, 0.25) is 0 Å². The minimum atomic E-state index is -0.280. The number of hydrogen-bond donors (Lipinski definition) is 0. The van der Waals surface area contributed by atoms with Crippen LogP contribution in [0.25, 0.3) is 0 Å². The third-order valence-corrected chi connectivity index (χ3v) is 3.55. The number of nitrogens with zero attached hydrogens (tertiary/aromatic N) is 1. The number of benzene rings is 1. The standard InChI is InChI=1S/C18H25NO/c1-18(2,20-16-17-10-4-3-5-11-17)12-6-7-13-19-14-8-9-15-19/h3-5,7,10-12H,8-9,13-16H2,1-2H3. The maximum absolute atomic E-state index is 5.94. The highest BCUT2D eigenvalue weighted by atomic mass is 16.5. The first kappa shape index (κ1) is 15.1. The molecule has 2 heteroatoms. The van der Waals surface area contributed by atoms with Gasteiger partial charge in [-0.1, -0.05) is 30.3 Å². The van der Waals surface area contributed by atoms with E-state index in [2.05, 4.69) is 42.7 Å². The third kappa shape index (κ3) is 5.34. The van der Waals surface area contributed by atoms with E-state index in [-0.39, 0.29) is 5.60 Å². The van der Waals surface area contributed by atoms with Gasteiger partial charge in [0.2, 0.25) is 0 Å². The van der Waals surface area contributed by atoms with Crippen LogP contribution >= 0.6 is 0 Å². The average molecular weight is 271 g/mol. The van der Waals surface area contributed by atoms with Gasteiger partial charge < -0.3 is 4.74 Å². The lowest BCUT2D eigenvalue weighted by molar-refractivity contribution is 0.00726. The van der Waals surface area contributed by atoms with Crippen LogP contribution in [-0.4, -0.2) is 30.1 Å². The smallest absolute Gasteiger partial charge is 0.0884 e. The van der Waals surface area contributed by atoms with Crippen LogP contribution in [0.5, 0.6) is 0 Å². The van der Waals surface area contributed by atoms with Gasteiger partial charge in [-0.05, 0) is 57.5 Å². The number of rotatable bonds is 6. The lowest BCUT2D eigenvalue weighted by Gasteiger charge is -2.20. The Balaban J connectivity index is 1.78. The highest BCUT2D eigenvalue weighted by Crippen LogP contribution is 2.14. The Morgan fingerprint density at radius 3 is 2.60 bits per heavy atom. The molecule has 0 radical (unpaired) electrons. The third-order valence-electron chi connectivity index (χ3n) is 3.55. The first-order chi connectivity index (χ1) is 9.66. The van der Waals surface area contributed by atoms with Gasteiger partial charge in [0, 0.05) is 6.54 Å². The van der Waals surface area contributed by atoms with Crippen molar-refractivity contribution >= 4 is 0 Å². The van der Waals surface area contributed by atoms with Crippen LogP contribution in [-0.2, 0) is 11.3 Å². The number of ether oxygens (including phenoxy) is 1. The molecule has 20 heavy (non-hydrogen) atoms. The van der Waals surface area contributed by atoms with Crippen LogP contribution in [0.3, 0.4) is 0 Å². The summed E-state index contributed by atoms with van der Waals surface area (Å²) in [6.07, 6.45) is 6.80. The SMILES string of the molecule is CC(C)(C=C=CCN1CCCC1)OCc1ccccc1. The van der Waals surface area contributed by atoms with Gasteiger partial charge in [0.15, 0.2) is 0 Å². The molecule has 0 aliphatic carbocycles. The molecular formula is C18H25NO. The molecule has 1 aromatic carbocycles. The van der Waals surface area contributed by atoms with E-state index in [1.54, 1.807) is 0 Å². The summed E-state index contributed by atoms with van der Waals surface area (Å²) in [5.74, 6) is 0. The van der Waals surface area contributed by atoms with Crippen LogP contribution in [0.4, 0.5) is 0 Å². The first-order valence-electron chi connectivity index (χ1n) is 7.48. The van der Waals surface area contributed by atoms with Crippen molar-refractivity contribution in [3.63, 3.8) is 0 Å². The molecule has 0 bridgehead atoms. The molecule has 1 fully saturated rings. The molecule has 108 valence electrons. The van der Waals surface area contributed by atoms with Crippen LogP contribution < -0.4 is 0 Å². The largest absolute Gasteiger partial charge is 0.366 e. The van der Waals surface area contributed by atoms with Crippen LogP contribution in [0, 0.1) is 0 Å². The van der Waals surface area contributed by atoms with E-state index in [1.807, 2.05) is 24.3 Å². The summed E-state index contributed by atoms with van der Waals surface area (Å²) in [6, 6.07) is 10.3. The minimum absolute atomic E-state index is 0.280. The van der Waals surface area contributed by atoms with E-state index >= 15 is 0 Å². The van der Waals surface area contributed by atoms with Crippen molar-refractivity contribution in [1.29, 1.82) is 0 Å². The van der Waals surface area contributed by atoms with Gasteiger partial charge in [0.05, 0.1) is 12.2 Å². The lowest BCUT2D eigenvalue weighted by atomic mass is 10.1. The Labute approximate surface area is 122 Å². The maximum Gasteiger partial charge on any atom is 0.0884 e. The molecule has 1 aliphatic heterocycles. The average Bonchev–Trinajstić information content (AvgIpc) is 2.96. The summed E-state index contributed by atoms with van der Waals surface area (Å²) < 4.78 is 5.94. The summed E-state index contributed by atoms with van der Waals surface area (Å²) in [7, 11) is 0. The molecule has 0 amide bonds. The highest BCUT2D eigenvalue weighted by molar-refractivity contribution is 5.13.